The number of benzene rings is 1. The lowest BCUT2D eigenvalue weighted by Gasteiger charge is -2.37. The van der Waals surface area contributed by atoms with Crippen LogP contribution in [0.1, 0.15) is 30.5 Å². The van der Waals surface area contributed by atoms with Crippen LogP contribution in [0.5, 0.6) is 0 Å². The minimum atomic E-state index is -5.72. The first-order valence-corrected chi connectivity index (χ1v) is 7.24. The predicted molar refractivity (Wildman–Crippen MR) is 72.3 cm³/mol. The van der Waals surface area contributed by atoms with Gasteiger partial charge in [0.15, 0.2) is 0 Å². The van der Waals surface area contributed by atoms with E-state index in [1.165, 1.54) is 0 Å². The first-order chi connectivity index (χ1) is 11.1. The topological polar surface area (TPSA) is 29.5 Å². The SMILES string of the molecule is CCC1c2ccccc2CCN1C(=O)OC(C(F)(F)F)C(F)(F)F. The van der Waals surface area contributed by atoms with Gasteiger partial charge < -0.3 is 9.64 Å². The van der Waals surface area contributed by atoms with Gasteiger partial charge in [-0.05, 0) is 24.0 Å². The molecule has 134 valence electrons. The molecular formula is C15H15F6NO2. The summed E-state index contributed by atoms with van der Waals surface area (Å²) in [6.45, 7) is 1.69. The highest BCUT2D eigenvalue weighted by Gasteiger charge is 2.60. The summed E-state index contributed by atoms with van der Waals surface area (Å²) in [5.74, 6) is 0. The standard InChI is InChI=1S/C15H15F6NO2/c1-2-11-10-6-4-3-5-9(10)7-8-22(11)13(23)24-12(14(16,17)18)15(19,20)21/h3-6,11-12H,2,7-8H2,1H3. The van der Waals surface area contributed by atoms with Crippen molar-refractivity contribution in [1.29, 1.82) is 0 Å². The van der Waals surface area contributed by atoms with Crippen molar-refractivity contribution >= 4 is 6.09 Å². The van der Waals surface area contributed by atoms with Crippen LogP contribution in [0.2, 0.25) is 0 Å². The maximum absolute atomic E-state index is 12.5. The molecule has 0 saturated heterocycles. The average molecular weight is 355 g/mol. The van der Waals surface area contributed by atoms with Gasteiger partial charge in [0.05, 0.1) is 6.04 Å². The molecule has 1 aromatic carbocycles. The van der Waals surface area contributed by atoms with E-state index in [4.69, 9.17) is 0 Å². The molecule has 2 rings (SSSR count). The van der Waals surface area contributed by atoms with Crippen molar-refractivity contribution in [2.24, 2.45) is 0 Å². The van der Waals surface area contributed by atoms with Gasteiger partial charge in [-0.15, -0.1) is 0 Å². The molecule has 0 bridgehead atoms. The number of carbonyl (C=O) groups excluding carboxylic acids is 1. The Morgan fingerprint density at radius 1 is 1.21 bits per heavy atom. The van der Waals surface area contributed by atoms with Crippen molar-refractivity contribution in [2.75, 3.05) is 6.54 Å². The molecule has 0 radical (unpaired) electrons. The Balaban J connectivity index is 2.23. The van der Waals surface area contributed by atoms with Gasteiger partial charge in [0, 0.05) is 6.54 Å². The van der Waals surface area contributed by atoms with Crippen molar-refractivity contribution < 1.29 is 35.9 Å². The molecule has 1 heterocycles. The number of alkyl halides is 6. The van der Waals surface area contributed by atoms with Crippen LogP contribution in [0.3, 0.4) is 0 Å². The highest BCUT2D eigenvalue weighted by atomic mass is 19.4. The molecule has 3 nitrogen and oxygen atoms in total. The molecule has 1 aliphatic heterocycles. The largest absolute Gasteiger partial charge is 0.434 e. The number of amides is 1. The molecule has 1 amide bonds. The number of rotatable bonds is 2. The van der Waals surface area contributed by atoms with E-state index in [0.717, 1.165) is 10.5 Å². The summed E-state index contributed by atoms with van der Waals surface area (Å²) in [5.41, 5.74) is 1.62. The molecule has 24 heavy (non-hydrogen) atoms. The predicted octanol–water partition coefficient (Wildman–Crippen LogP) is 4.63. The van der Waals surface area contributed by atoms with Crippen molar-refractivity contribution in [3.05, 3.63) is 35.4 Å². The number of hydrogen-bond donors (Lipinski definition) is 0. The third-order valence-corrected chi connectivity index (χ3v) is 3.85. The molecule has 1 aromatic rings. The molecule has 0 N–H and O–H groups in total. The summed E-state index contributed by atoms with van der Waals surface area (Å²) in [5, 5.41) is 0. The Bertz CT molecular complexity index is 584. The monoisotopic (exact) mass is 355 g/mol. The number of halogens is 6. The third kappa shape index (κ3) is 3.76. The van der Waals surface area contributed by atoms with Crippen molar-refractivity contribution in [1.82, 2.24) is 4.90 Å². The Morgan fingerprint density at radius 2 is 1.79 bits per heavy atom. The van der Waals surface area contributed by atoms with Crippen LogP contribution in [0.25, 0.3) is 0 Å². The molecule has 0 fully saturated rings. The Hall–Kier alpha value is -1.93. The molecule has 0 aliphatic carbocycles. The molecule has 1 aliphatic rings. The van der Waals surface area contributed by atoms with E-state index in [1.807, 2.05) is 6.07 Å². The lowest BCUT2D eigenvalue weighted by atomic mass is 9.91. The zero-order chi connectivity index (χ0) is 18.1. The van der Waals surface area contributed by atoms with Gasteiger partial charge in [0.25, 0.3) is 6.10 Å². The zero-order valence-corrected chi connectivity index (χ0v) is 12.6. The van der Waals surface area contributed by atoms with Crippen molar-refractivity contribution in [3.8, 4) is 0 Å². The molecule has 1 atom stereocenters. The Labute approximate surface area is 134 Å². The summed E-state index contributed by atoms with van der Waals surface area (Å²) in [7, 11) is 0. The summed E-state index contributed by atoms with van der Waals surface area (Å²) >= 11 is 0. The van der Waals surface area contributed by atoms with Gasteiger partial charge in [-0.3, -0.25) is 0 Å². The van der Waals surface area contributed by atoms with Gasteiger partial charge in [0.2, 0.25) is 0 Å². The van der Waals surface area contributed by atoms with Crippen LogP contribution in [0.4, 0.5) is 31.1 Å². The van der Waals surface area contributed by atoms with Crippen LogP contribution < -0.4 is 0 Å². The molecule has 0 aromatic heterocycles. The zero-order valence-electron chi connectivity index (χ0n) is 12.6. The van der Waals surface area contributed by atoms with Crippen LogP contribution in [-0.4, -0.2) is 36.0 Å². The van der Waals surface area contributed by atoms with E-state index in [1.54, 1.807) is 25.1 Å². The van der Waals surface area contributed by atoms with Crippen LogP contribution >= 0.6 is 0 Å². The smallest absolute Gasteiger partial charge is 0.426 e. The number of nitrogens with zero attached hydrogens (tertiary/aromatic N) is 1. The Morgan fingerprint density at radius 3 is 2.33 bits per heavy atom. The van der Waals surface area contributed by atoms with E-state index in [9.17, 15) is 31.1 Å². The summed E-state index contributed by atoms with van der Waals surface area (Å²) in [4.78, 5) is 12.9. The first-order valence-electron chi connectivity index (χ1n) is 7.24. The van der Waals surface area contributed by atoms with E-state index in [2.05, 4.69) is 4.74 Å². The Kier molecular flexibility index (Phi) is 5.00. The molecule has 1 unspecified atom stereocenters. The second-order valence-corrected chi connectivity index (χ2v) is 5.41. The highest BCUT2D eigenvalue weighted by molar-refractivity contribution is 5.69. The van der Waals surface area contributed by atoms with Crippen LogP contribution in [0, 0.1) is 0 Å². The van der Waals surface area contributed by atoms with Gasteiger partial charge in [-0.25, -0.2) is 4.79 Å². The molecule has 0 spiro atoms. The summed E-state index contributed by atoms with van der Waals surface area (Å²) in [6.07, 6.45) is -16.5. The van der Waals surface area contributed by atoms with E-state index >= 15 is 0 Å². The van der Waals surface area contributed by atoms with Gasteiger partial charge in [0.1, 0.15) is 0 Å². The minimum Gasteiger partial charge on any atom is -0.426 e. The fraction of sp³-hybridized carbons (Fsp3) is 0.533. The molecule has 0 saturated carbocycles. The normalized spacial score (nSPS) is 18.5. The quantitative estimate of drug-likeness (QED) is 0.724. The van der Waals surface area contributed by atoms with Gasteiger partial charge in [-0.2, -0.15) is 26.3 Å². The minimum absolute atomic E-state index is 0.00319. The van der Waals surface area contributed by atoms with Crippen LogP contribution in [-0.2, 0) is 11.2 Å². The number of hydrogen-bond acceptors (Lipinski definition) is 2. The lowest BCUT2D eigenvalue weighted by Crippen LogP contribution is -2.49. The van der Waals surface area contributed by atoms with E-state index in [-0.39, 0.29) is 6.54 Å². The summed E-state index contributed by atoms with van der Waals surface area (Å²) in [6, 6.07) is 6.38. The maximum Gasteiger partial charge on any atom is 0.434 e. The second-order valence-electron chi connectivity index (χ2n) is 5.41. The highest BCUT2D eigenvalue weighted by Crippen LogP contribution is 2.38. The molecular weight excluding hydrogens is 340 g/mol. The fourth-order valence-corrected chi connectivity index (χ4v) is 2.80. The van der Waals surface area contributed by atoms with Crippen molar-refractivity contribution in [3.63, 3.8) is 0 Å². The number of carbonyl (C=O) groups is 1. The summed E-state index contributed by atoms with van der Waals surface area (Å²) < 4.78 is 79.1. The maximum atomic E-state index is 12.5. The van der Waals surface area contributed by atoms with Gasteiger partial charge >= 0.3 is 18.4 Å². The van der Waals surface area contributed by atoms with E-state index < -0.39 is 30.6 Å². The fourth-order valence-electron chi connectivity index (χ4n) is 2.80. The third-order valence-electron chi connectivity index (χ3n) is 3.85. The number of ether oxygens (including phenoxy) is 1. The van der Waals surface area contributed by atoms with Crippen LogP contribution in [0.15, 0.2) is 24.3 Å². The lowest BCUT2D eigenvalue weighted by molar-refractivity contribution is -0.308. The number of fused-ring (bicyclic) bond motifs is 1. The molecule has 9 heteroatoms. The first kappa shape index (κ1) is 18.4. The van der Waals surface area contributed by atoms with Gasteiger partial charge in [-0.1, -0.05) is 31.2 Å². The van der Waals surface area contributed by atoms with Crippen molar-refractivity contribution in [2.45, 2.75) is 44.3 Å². The second kappa shape index (κ2) is 6.52. The average Bonchev–Trinajstić information content (AvgIpc) is 2.48. The van der Waals surface area contributed by atoms with E-state index in [0.29, 0.717) is 18.4 Å².